The molecule has 234 valence electrons. The van der Waals surface area contributed by atoms with E-state index in [0.29, 0.717) is 25.1 Å². The lowest BCUT2D eigenvalue weighted by molar-refractivity contribution is -0.130. The number of hydrogen-bond donors (Lipinski definition) is 5. The molecule has 5 N–H and O–H groups in total. The number of carbonyl (C=O) groups is 2. The SMILES string of the molecule is C=C(C(NC(=O)C(CC(C)O)NC(=O)CCCCCCCCC(C)CC(C)CC)C(C)O)N1CC(O)CC1CC. The Morgan fingerprint density at radius 1 is 0.925 bits per heavy atom. The normalized spacial score (nSPS) is 21.8. The first-order valence-corrected chi connectivity index (χ1v) is 16.0. The van der Waals surface area contributed by atoms with Crippen LogP contribution in [0.4, 0.5) is 0 Å². The molecule has 0 aliphatic carbocycles. The first kappa shape index (κ1) is 36.4. The van der Waals surface area contributed by atoms with Crippen molar-refractivity contribution >= 4 is 11.8 Å². The molecule has 1 saturated heterocycles. The van der Waals surface area contributed by atoms with Crippen molar-refractivity contribution in [1.82, 2.24) is 15.5 Å². The van der Waals surface area contributed by atoms with E-state index in [4.69, 9.17) is 0 Å². The Hall–Kier alpha value is -1.64. The van der Waals surface area contributed by atoms with E-state index in [-0.39, 0.29) is 18.4 Å². The third kappa shape index (κ3) is 13.8. The number of unbranched alkanes of at least 4 members (excludes halogenated alkanes) is 5. The van der Waals surface area contributed by atoms with Gasteiger partial charge >= 0.3 is 0 Å². The molecule has 0 aromatic carbocycles. The largest absolute Gasteiger partial charge is 0.393 e. The van der Waals surface area contributed by atoms with E-state index in [2.05, 4.69) is 38.0 Å². The van der Waals surface area contributed by atoms with Gasteiger partial charge in [0.25, 0.3) is 0 Å². The number of aliphatic hydroxyl groups is 3. The predicted molar refractivity (Wildman–Crippen MR) is 163 cm³/mol. The Morgan fingerprint density at radius 3 is 2.12 bits per heavy atom. The highest BCUT2D eigenvalue weighted by molar-refractivity contribution is 5.88. The van der Waals surface area contributed by atoms with Crippen molar-refractivity contribution in [2.24, 2.45) is 11.8 Å². The molecule has 1 fully saturated rings. The summed E-state index contributed by atoms with van der Waals surface area (Å²) in [6.07, 6.45) is 10.1. The quantitative estimate of drug-likeness (QED) is 0.129. The van der Waals surface area contributed by atoms with Gasteiger partial charge in [-0.2, -0.15) is 0 Å². The van der Waals surface area contributed by atoms with E-state index in [9.17, 15) is 24.9 Å². The van der Waals surface area contributed by atoms with Gasteiger partial charge in [-0.05, 0) is 51.4 Å². The number of likely N-dealkylation sites (tertiary alicyclic amines) is 1. The molecule has 2 amide bonds. The van der Waals surface area contributed by atoms with Crippen molar-refractivity contribution in [2.45, 2.75) is 161 Å². The van der Waals surface area contributed by atoms with Crippen LogP contribution in [0.15, 0.2) is 12.3 Å². The summed E-state index contributed by atoms with van der Waals surface area (Å²) < 4.78 is 0. The van der Waals surface area contributed by atoms with Crippen molar-refractivity contribution < 1.29 is 24.9 Å². The molecule has 0 aromatic heterocycles. The highest BCUT2D eigenvalue weighted by Crippen LogP contribution is 2.27. The molecular formula is C32H61N3O5. The maximum absolute atomic E-state index is 13.2. The van der Waals surface area contributed by atoms with Gasteiger partial charge in [0.1, 0.15) is 6.04 Å². The number of β-amino-alcohol motifs (C(OH)–C–C–N with tert-alkyl or cyclic N) is 1. The summed E-state index contributed by atoms with van der Waals surface area (Å²) in [6, 6.07) is -1.59. The van der Waals surface area contributed by atoms with Gasteiger partial charge in [0.2, 0.25) is 11.8 Å². The molecule has 1 aliphatic heterocycles. The number of aliphatic hydroxyl groups excluding tert-OH is 3. The number of nitrogens with one attached hydrogen (secondary N) is 2. The number of hydrogen-bond acceptors (Lipinski definition) is 6. The maximum Gasteiger partial charge on any atom is 0.243 e. The van der Waals surface area contributed by atoms with E-state index in [1.165, 1.54) is 38.5 Å². The number of rotatable bonds is 21. The fourth-order valence-corrected chi connectivity index (χ4v) is 5.84. The van der Waals surface area contributed by atoms with Gasteiger partial charge in [0.05, 0.1) is 24.4 Å². The molecule has 1 heterocycles. The first-order chi connectivity index (χ1) is 18.9. The number of nitrogens with zero attached hydrogens (tertiary/aromatic N) is 1. The van der Waals surface area contributed by atoms with Crippen molar-refractivity contribution in [3.63, 3.8) is 0 Å². The second-order valence-corrected chi connectivity index (χ2v) is 12.5. The van der Waals surface area contributed by atoms with Gasteiger partial charge in [-0.15, -0.1) is 0 Å². The zero-order chi connectivity index (χ0) is 30.2. The Labute approximate surface area is 244 Å². The van der Waals surface area contributed by atoms with Crippen LogP contribution >= 0.6 is 0 Å². The minimum Gasteiger partial charge on any atom is -0.393 e. The van der Waals surface area contributed by atoms with Crippen LogP contribution in [0.3, 0.4) is 0 Å². The van der Waals surface area contributed by atoms with Gasteiger partial charge in [-0.3, -0.25) is 9.59 Å². The lowest BCUT2D eigenvalue weighted by Gasteiger charge is -2.35. The smallest absolute Gasteiger partial charge is 0.243 e. The second-order valence-electron chi connectivity index (χ2n) is 12.5. The van der Waals surface area contributed by atoms with Crippen LogP contribution in [0.2, 0.25) is 0 Å². The summed E-state index contributed by atoms with van der Waals surface area (Å²) in [5, 5.41) is 36.2. The zero-order valence-electron chi connectivity index (χ0n) is 26.3. The van der Waals surface area contributed by atoms with Gasteiger partial charge < -0.3 is 30.9 Å². The third-order valence-corrected chi connectivity index (χ3v) is 8.45. The molecule has 40 heavy (non-hydrogen) atoms. The molecule has 0 bridgehead atoms. The Balaban J connectivity index is 2.50. The third-order valence-electron chi connectivity index (χ3n) is 8.45. The molecule has 8 unspecified atom stereocenters. The summed E-state index contributed by atoms with van der Waals surface area (Å²) >= 11 is 0. The topological polar surface area (TPSA) is 122 Å². The monoisotopic (exact) mass is 567 g/mol. The predicted octanol–water partition coefficient (Wildman–Crippen LogP) is 4.66. The van der Waals surface area contributed by atoms with Gasteiger partial charge in [0, 0.05) is 31.1 Å². The standard InChI is InChI=1S/C32H61N3O5/c1-8-22(3)18-23(4)16-14-12-10-11-13-15-17-30(39)33-29(19-24(5)36)32(40)34-31(26(7)37)25(6)35-21-28(38)20-27(35)9-2/h22-24,26-29,31,36-38H,6,8-21H2,1-5,7H3,(H,33,39)(H,34,40). The minimum absolute atomic E-state index is 0.0754. The van der Waals surface area contributed by atoms with Gasteiger partial charge in [0.15, 0.2) is 0 Å². The molecule has 8 nitrogen and oxygen atoms in total. The van der Waals surface area contributed by atoms with Crippen LogP contribution in [-0.4, -0.2) is 75.0 Å². The average Bonchev–Trinajstić information content (AvgIpc) is 3.27. The zero-order valence-corrected chi connectivity index (χ0v) is 26.3. The highest BCUT2D eigenvalue weighted by atomic mass is 16.3. The van der Waals surface area contributed by atoms with Gasteiger partial charge in [-0.1, -0.05) is 79.2 Å². The fraction of sp³-hybridized carbons (Fsp3) is 0.875. The molecule has 0 radical (unpaired) electrons. The van der Waals surface area contributed by atoms with Crippen molar-refractivity contribution in [3.8, 4) is 0 Å². The summed E-state index contributed by atoms with van der Waals surface area (Å²) in [4.78, 5) is 27.8. The molecule has 0 spiro atoms. The van der Waals surface area contributed by atoms with E-state index in [1.54, 1.807) is 13.8 Å². The van der Waals surface area contributed by atoms with Crippen LogP contribution in [0.25, 0.3) is 0 Å². The molecule has 0 saturated carbocycles. The highest BCUT2D eigenvalue weighted by Gasteiger charge is 2.36. The van der Waals surface area contributed by atoms with E-state index in [0.717, 1.165) is 37.5 Å². The molecule has 8 heteroatoms. The lowest BCUT2D eigenvalue weighted by atomic mass is 9.91. The number of amides is 2. The summed E-state index contributed by atoms with van der Waals surface area (Å²) in [5.41, 5.74) is 0.541. The van der Waals surface area contributed by atoms with Crippen molar-refractivity contribution in [1.29, 1.82) is 0 Å². The van der Waals surface area contributed by atoms with Gasteiger partial charge in [-0.25, -0.2) is 0 Å². The summed E-state index contributed by atoms with van der Waals surface area (Å²) in [5.74, 6) is 0.934. The Bertz CT molecular complexity index is 744. The Morgan fingerprint density at radius 2 is 1.55 bits per heavy atom. The molecule has 8 atom stereocenters. The maximum atomic E-state index is 13.2. The Kier molecular flexibility index (Phi) is 17.7. The molecule has 1 rings (SSSR count). The minimum atomic E-state index is -0.919. The molecule has 1 aliphatic rings. The first-order valence-electron chi connectivity index (χ1n) is 16.0. The molecule has 0 aromatic rings. The fourth-order valence-electron chi connectivity index (χ4n) is 5.84. The second kappa shape index (κ2) is 19.5. The summed E-state index contributed by atoms with van der Waals surface area (Å²) in [7, 11) is 0. The van der Waals surface area contributed by atoms with E-state index in [1.807, 2.05) is 11.8 Å². The van der Waals surface area contributed by atoms with E-state index >= 15 is 0 Å². The van der Waals surface area contributed by atoms with Crippen LogP contribution in [0.5, 0.6) is 0 Å². The summed E-state index contributed by atoms with van der Waals surface area (Å²) in [6.45, 7) is 16.7. The van der Waals surface area contributed by atoms with E-state index < -0.39 is 36.3 Å². The van der Waals surface area contributed by atoms with Crippen LogP contribution < -0.4 is 10.6 Å². The van der Waals surface area contributed by atoms with Crippen LogP contribution in [0.1, 0.15) is 125 Å². The van der Waals surface area contributed by atoms with Crippen LogP contribution in [0, 0.1) is 11.8 Å². The van der Waals surface area contributed by atoms with Crippen LogP contribution in [-0.2, 0) is 9.59 Å². The van der Waals surface area contributed by atoms with Crippen molar-refractivity contribution in [2.75, 3.05) is 6.54 Å². The average molecular weight is 568 g/mol. The number of carbonyl (C=O) groups excluding carboxylic acids is 2. The molecular weight excluding hydrogens is 506 g/mol. The lowest BCUT2D eigenvalue weighted by Crippen LogP contribution is -2.55. The van der Waals surface area contributed by atoms with Crippen molar-refractivity contribution in [3.05, 3.63) is 12.3 Å².